The van der Waals surface area contributed by atoms with E-state index < -0.39 is 47.1 Å². The molecule has 83 heavy (non-hydrogen) atoms. The lowest BCUT2D eigenvalue weighted by molar-refractivity contribution is -0.139. The molecular formula is C60H69F7N10O5S. The standard InChI is InChI=1S/C31H39F3N4O4.C25H20F4N6OS.C4H10/c1-21(22-7-9-23(10-8-22)30-25(33)18-24(32)19-26(30)34)36-31(41)27-6-4-15-38(27)29(40)20-35-28(39)11-17-42-16-5-14-37-12-2-3-13-37;1-36-24-33-19-7-14(13-4-5-18(26)21-20(13)16(8-30)22(31)37-21)17(25(27,28)29)6-15(19)23(34-24)35-9-11-2-3-12(10-35)32-11;1-4(2)3/h7-10,18-19,21,27H,2-6,11-17,20H2,1H3,(H,35,39)(H,36,41);4-7,11-12,32H,2-3,9-10,31H2,1H3;4H,1-3H3. The second-order valence-corrected chi connectivity index (χ2v) is 22.9. The van der Waals surface area contributed by atoms with Gasteiger partial charge >= 0.3 is 12.2 Å². The Morgan fingerprint density at radius 3 is 2.18 bits per heavy atom. The van der Waals surface area contributed by atoms with Gasteiger partial charge in [-0.05, 0) is 111 Å². The van der Waals surface area contributed by atoms with E-state index in [-0.39, 0.29) is 103 Å². The molecule has 4 aliphatic heterocycles. The van der Waals surface area contributed by atoms with Crippen LogP contribution in [0.3, 0.4) is 0 Å². The van der Waals surface area contributed by atoms with E-state index >= 15 is 0 Å². The van der Waals surface area contributed by atoms with Gasteiger partial charge in [-0.2, -0.15) is 28.4 Å². The molecule has 444 valence electrons. The predicted octanol–water partition coefficient (Wildman–Crippen LogP) is 10.7. The quantitative estimate of drug-likeness (QED) is 0.0531. The van der Waals surface area contributed by atoms with Crippen molar-refractivity contribution >= 4 is 60.9 Å². The van der Waals surface area contributed by atoms with E-state index in [0.29, 0.717) is 69.2 Å². The van der Waals surface area contributed by atoms with Gasteiger partial charge in [-0.25, -0.2) is 17.6 Å². The fourth-order valence-corrected chi connectivity index (χ4v) is 11.9. The fraction of sp³-hybridized carbons (Fsp3) is 0.467. The van der Waals surface area contributed by atoms with Crippen molar-refractivity contribution in [3.8, 4) is 34.3 Å². The lowest BCUT2D eigenvalue weighted by atomic mass is 9.93. The molecule has 4 aromatic carbocycles. The van der Waals surface area contributed by atoms with Gasteiger partial charge in [0.05, 0.1) is 53.2 Å². The van der Waals surface area contributed by atoms with Crippen molar-refractivity contribution < 1.29 is 54.6 Å². The van der Waals surface area contributed by atoms with Gasteiger partial charge in [0.2, 0.25) is 17.7 Å². The summed E-state index contributed by atoms with van der Waals surface area (Å²) in [5.74, 6) is -3.37. The summed E-state index contributed by atoms with van der Waals surface area (Å²) >= 11 is 0.830. The van der Waals surface area contributed by atoms with Crippen molar-refractivity contribution in [1.29, 1.82) is 5.26 Å². The van der Waals surface area contributed by atoms with E-state index in [2.05, 4.69) is 51.6 Å². The molecule has 0 radical (unpaired) electrons. The first-order chi connectivity index (χ1) is 39.6. The van der Waals surface area contributed by atoms with Gasteiger partial charge in [0.15, 0.2) is 0 Å². The number of nitrogens with zero attached hydrogens (tertiary/aromatic N) is 6. The molecule has 4 fully saturated rings. The number of hydrogen-bond acceptors (Lipinski definition) is 13. The van der Waals surface area contributed by atoms with Gasteiger partial charge in [0.1, 0.15) is 46.2 Å². The van der Waals surface area contributed by atoms with Crippen LogP contribution in [-0.4, -0.2) is 122 Å². The number of rotatable bonds is 16. The molecule has 6 heterocycles. The van der Waals surface area contributed by atoms with Gasteiger partial charge in [0, 0.05) is 74.2 Å². The number of thiophene rings is 1. The zero-order valence-corrected chi connectivity index (χ0v) is 47.9. The lowest BCUT2D eigenvalue weighted by Crippen LogP contribution is -2.51. The number of likely N-dealkylation sites (tertiary alicyclic amines) is 2. The molecule has 4 saturated heterocycles. The number of carbonyl (C=O) groups excluding carboxylic acids is 3. The molecule has 4 atom stereocenters. The number of nitriles is 1. The number of carbonyl (C=O) groups is 3. The van der Waals surface area contributed by atoms with Gasteiger partial charge in [-0.1, -0.05) is 51.1 Å². The maximum atomic E-state index is 14.6. The average Bonchev–Trinajstić information content (AvgIpc) is 4.00. The first-order valence-corrected chi connectivity index (χ1v) is 28.8. The number of nitrogens with two attached hydrogens (primary N) is 1. The van der Waals surface area contributed by atoms with Crippen LogP contribution in [0.5, 0.6) is 6.01 Å². The van der Waals surface area contributed by atoms with Crippen LogP contribution >= 0.6 is 11.3 Å². The van der Waals surface area contributed by atoms with Crippen LogP contribution < -0.4 is 31.3 Å². The molecule has 6 aromatic rings. The van der Waals surface area contributed by atoms with Crippen LogP contribution in [0.4, 0.5) is 41.6 Å². The van der Waals surface area contributed by atoms with Crippen molar-refractivity contribution in [2.75, 3.05) is 76.8 Å². The number of nitrogens with one attached hydrogen (secondary N) is 3. The number of benzene rings is 4. The molecule has 3 amide bonds. The minimum atomic E-state index is -4.75. The predicted molar refractivity (Wildman–Crippen MR) is 305 cm³/mol. The van der Waals surface area contributed by atoms with Crippen molar-refractivity contribution in [3.63, 3.8) is 0 Å². The van der Waals surface area contributed by atoms with Crippen LogP contribution in [0.1, 0.15) is 102 Å². The Balaban J connectivity index is 0.000000205. The topological polar surface area (TPSA) is 191 Å². The molecule has 10 rings (SSSR count). The highest BCUT2D eigenvalue weighted by molar-refractivity contribution is 7.23. The Kier molecular flexibility index (Phi) is 20.5. The summed E-state index contributed by atoms with van der Waals surface area (Å²) in [5, 5.41) is 19.0. The van der Waals surface area contributed by atoms with E-state index in [9.17, 15) is 50.4 Å². The summed E-state index contributed by atoms with van der Waals surface area (Å²) < 4.78 is 111. The molecule has 4 unspecified atom stereocenters. The maximum Gasteiger partial charge on any atom is 0.417 e. The number of ether oxygens (including phenoxy) is 2. The van der Waals surface area contributed by atoms with Gasteiger partial charge in [-0.3, -0.25) is 14.4 Å². The monoisotopic (exact) mass is 1170 g/mol. The summed E-state index contributed by atoms with van der Waals surface area (Å²) in [4.78, 5) is 52.7. The number of nitrogen functional groups attached to an aromatic ring is 1. The first kappa shape index (κ1) is 61.9. The zero-order valence-electron chi connectivity index (χ0n) is 47.0. The molecule has 23 heteroatoms. The molecule has 2 bridgehead atoms. The van der Waals surface area contributed by atoms with Crippen molar-refractivity contribution in [2.24, 2.45) is 5.92 Å². The largest absolute Gasteiger partial charge is 0.467 e. The van der Waals surface area contributed by atoms with Crippen molar-refractivity contribution in [1.82, 2.24) is 35.7 Å². The average molecular weight is 1180 g/mol. The zero-order chi connectivity index (χ0) is 59.7. The highest BCUT2D eigenvalue weighted by atomic mass is 32.1. The molecule has 0 spiro atoms. The molecule has 0 aliphatic carbocycles. The Hall–Kier alpha value is -7.13. The Labute approximate surface area is 481 Å². The minimum absolute atomic E-state index is 0.0250. The first-order valence-electron chi connectivity index (χ1n) is 27.9. The number of fused-ring (bicyclic) bond motifs is 4. The minimum Gasteiger partial charge on any atom is -0.467 e. The van der Waals surface area contributed by atoms with E-state index in [0.717, 1.165) is 68.3 Å². The van der Waals surface area contributed by atoms with Crippen molar-refractivity contribution in [2.45, 2.75) is 109 Å². The van der Waals surface area contributed by atoms with Crippen LogP contribution in [0.15, 0.2) is 60.7 Å². The van der Waals surface area contributed by atoms with Crippen molar-refractivity contribution in [3.05, 3.63) is 101 Å². The van der Waals surface area contributed by atoms with E-state index in [1.807, 2.05) is 11.0 Å². The molecule has 2 aromatic heterocycles. The summed E-state index contributed by atoms with van der Waals surface area (Å²) in [7, 11) is 1.40. The highest BCUT2D eigenvalue weighted by Gasteiger charge is 2.39. The summed E-state index contributed by atoms with van der Waals surface area (Å²) in [5.41, 5.74) is 5.60. The number of aromatic nitrogens is 2. The number of hydrogen-bond donors (Lipinski definition) is 4. The third kappa shape index (κ3) is 15.2. The van der Waals surface area contributed by atoms with Crippen LogP contribution in [-0.2, 0) is 25.3 Å². The van der Waals surface area contributed by atoms with Gasteiger partial charge in [0.25, 0.3) is 0 Å². The third-order valence-electron chi connectivity index (χ3n) is 14.8. The third-order valence-corrected chi connectivity index (χ3v) is 15.9. The summed E-state index contributed by atoms with van der Waals surface area (Å²) in [6.07, 6.45) is 2.01. The Morgan fingerprint density at radius 2 is 1.54 bits per heavy atom. The molecular weight excluding hydrogens is 1110 g/mol. The van der Waals surface area contributed by atoms with Crippen LogP contribution in [0, 0.1) is 40.5 Å². The normalized spacial score (nSPS) is 18.1. The van der Waals surface area contributed by atoms with Gasteiger partial charge < -0.3 is 45.9 Å². The number of amides is 3. The molecule has 5 N–H and O–H groups in total. The fourth-order valence-electron chi connectivity index (χ4n) is 10.9. The van der Waals surface area contributed by atoms with E-state index in [1.54, 1.807) is 19.1 Å². The van der Waals surface area contributed by atoms with E-state index in [1.165, 1.54) is 49.1 Å². The molecule has 4 aliphatic rings. The second-order valence-electron chi connectivity index (χ2n) is 21.9. The second kappa shape index (κ2) is 27.5. The number of piperazine rings is 1. The summed E-state index contributed by atoms with van der Waals surface area (Å²) in [6, 6.07) is 13.5. The van der Waals surface area contributed by atoms with E-state index in [4.69, 9.17) is 15.2 Å². The Bertz CT molecular complexity index is 3300. The number of methoxy groups -OCH3 is 1. The number of anilines is 2. The maximum absolute atomic E-state index is 14.6. The molecule has 0 saturated carbocycles. The highest BCUT2D eigenvalue weighted by Crippen LogP contribution is 2.47. The molecule has 15 nitrogen and oxygen atoms in total. The smallest absolute Gasteiger partial charge is 0.417 e. The number of halogens is 7. The van der Waals surface area contributed by atoms with Gasteiger partial charge in [-0.15, -0.1) is 11.3 Å². The van der Waals surface area contributed by atoms with Crippen LogP contribution in [0.25, 0.3) is 43.2 Å². The Morgan fingerprint density at radius 1 is 0.867 bits per heavy atom. The lowest BCUT2D eigenvalue weighted by Gasteiger charge is -2.34. The number of alkyl halides is 3. The summed E-state index contributed by atoms with van der Waals surface area (Å²) in [6.45, 7) is 13.9. The SMILES string of the molecule is CC(C)C.CC(NC(=O)C1CCCN1C(=O)CNC(=O)CCOCCCN1CCCC1)c1ccc(-c2c(F)cc(F)cc2F)cc1.COc1nc(N2CC3CCC(C2)N3)c2cc(C(F)(F)F)c(-c3ccc(F)c4sc(N)c(C#N)c34)cc2n1. The van der Waals surface area contributed by atoms with Crippen LogP contribution in [0.2, 0.25) is 0 Å².